The van der Waals surface area contributed by atoms with Crippen molar-refractivity contribution in [3.8, 4) is 0 Å². The minimum absolute atomic E-state index is 0.204. The van der Waals surface area contributed by atoms with Crippen molar-refractivity contribution in [3.05, 3.63) is 77.6 Å². The molecule has 3 nitrogen and oxygen atoms in total. The molecule has 1 amide bonds. The molecule has 0 radical (unpaired) electrons. The third-order valence-corrected chi connectivity index (χ3v) is 5.19. The maximum Gasteiger partial charge on any atom is 0.226 e. The van der Waals surface area contributed by atoms with E-state index >= 15 is 0 Å². The fourth-order valence-electron chi connectivity index (χ4n) is 3.76. The van der Waals surface area contributed by atoms with Gasteiger partial charge in [-0.1, -0.05) is 36.4 Å². The van der Waals surface area contributed by atoms with Gasteiger partial charge in [0.1, 0.15) is 0 Å². The average molecular weight is 318 g/mol. The second-order valence-electron chi connectivity index (χ2n) is 6.68. The summed E-state index contributed by atoms with van der Waals surface area (Å²) in [6.45, 7) is 0. The molecule has 0 saturated heterocycles. The first kappa shape index (κ1) is 15.0. The van der Waals surface area contributed by atoms with Crippen LogP contribution in [0, 0.1) is 0 Å². The number of pyridine rings is 1. The number of carbonyl (C=O) groups is 1. The molecule has 0 fully saturated rings. The van der Waals surface area contributed by atoms with Crippen molar-refractivity contribution in [3.63, 3.8) is 0 Å². The molecular formula is C21H22N2O. The number of carbonyl (C=O) groups excluding carboxylic acids is 1. The van der Waals surface area contributed by atoms with Gasteiger partial charge >= 0.3 is 0 Å². The Bertz CT molecular complexity index is 866. The van der Waals surface area contributed by atoms with Crippen LogP contribution in [-0.4, -0.2) is 28.3 Å². The van der Waals surface area contributed by atoms with Gasteiger partial charge in [-0.05, 0) is 42.2 Å². The molecule has 2 heterocycles. The van der Waals surface area contributed by atoms with Gasteiger partial charge in [0.05, 0.1) is 6.42 Å². The van der Waals surface area contributed by atoms with Crippen molar-refractivity contribution in [2.45, 2.75) is 31.7 Å². The van der Waals surface area contributed by atoms with Crippen LogP contribution in [-0.2, 0) is 24.1 Å². The lowest BCUT2D eigenvalue weighted by atomic mass is 9.92. The molecule has 122 valence electrons. The van der Waals surface area contributed by atoms with E-state index in [2.05, 4.69) is 34.9 Å². The van der Waals surface area contributed by atoms with Gasteiger partial charge < -0.3 is 9.30 Å². The zero-order valence-electron chi connectivity index (χ0n) is 14.0. The van der Waals surface area contributed by atoms with E-state index in [4.69, 9.17) is 0 Å². The molecule has 0 aliphatic heterocycles. The molecule has 1 aliphatic carbocycles. The molecule has 1 aliphatic rings. The van der Waals surface area contributed by atoms with E-state index in [9.17, 15) is 4.79 Å². The Hall–Kier alpha value is -2.55. The summed E-state index contributed by atoms with van der Waals surface area (Å²) in [5, 5.41) is 0. The van der Waals surface area contributed by atoms with Gasteiger partial charge in [-0.15, -0.1) is 0 Å². The lowest BCUT2D eigenvalue weighted by Gasteiger charge is -2.31. The van der Waals surface area contributed by atoms with Crippen LogP contribution in [0.5, 0.6) is 0 Å². The number of hydrogen-bond acceptors (Lipinski definition) is 1. The SMILES string of the molecule is CN(C(=O)Cc1ccccc1)[C@@H]1CCc2cc3ccccn3c2C1. The summed E-state index contributed by atoms with van der Waals surface area (Å²) in [6.07, 6.45) is 5.63. The van der Waals surface area contributed by atoms with Gasteiger partial charge in [0.25, 0.3) is 0 Å². The predicted molar refractivity (Wildman–Crippen MR) is 96.1 cm³/mol. The van der Waals surface area contributed by atoms with E-state index in [0.29, 0.717) is 6.42 Å². The number of fused-ring (bicyclic) bond motifs is 3. The standard InChI is InChI=1S/C21H22N2O/c1-22(21(24)13-16-7-3-2-4-8-16)18-11-10-17-14-19-9-5-6-12-23(19)20(17)15-18/h2-9,12,14,18H,10-11,13,15H2,1H3/t18-/m1/s1. The normalized spacial score (nSPS) is 16.8. The predicted octanol–water partition coefficient (Wildman–Crippen LogP) is 3.50. The van der Waals surface area contributed by atoms with Crippen molar-refractivity contribution in [2.75, 3.05) is 7.05 Å². The summed E-state index contributed by atoms with van der Waals surface area (Å²) >= 11 is 0. The molecule has 2 aromatic heterocycles. The zero-order chi connectivity index (χ0) is 16.5. The van der Waals surface area contributed by atoms with Crippen molar-refractivity contribution in [1.82, 2.24) is 9.30 Å². The smallest absolute Gasteiger partial charge is 0.226 e. The van der Waals surface area contributed by atoms with Gasteiger partial charge in [0.15, 0.2) is 0 Å². The maximum atomic E-state index is 12.6. The number of rotatable bonds is 3. The largest absolute Gasteiger partial charge is 0.342 e. The average Bonchev–Trinajstić information content (AvgIpc) is 2.99. The molecule has 3 heteroatoms. The van der Waals surface area contributed by atoms with Gasteiger partial charge in [0.2, 0.25) is 5.91 Å². The van der Waals surface area contributed by atoms with Gasteiger partial charge in [-0.3, -0.25) is 4.79 Å². The molecular weight excluding hydrogens is 296 g/mol. The molecule has 1 aromatic carbocycles. The highest BCUT2D eigenvalue weighted by molar-refractivity contribution is 5.79. The third kappa shape index (κ3) is 2.71. The topological polar surface area (TPSA) is 24.7 Å². The van der Waals surface area contributed by atoms with Crippen LogP contribution in [0.25, 0.3) is 5.52 Å². The Morgan fingerprint density at radius 3 is 2.79 bits per heavy atom. The second kappa shape index (κ2) is 6.16. The lowest BCUT2D eigenvalue weighted by Crippen LogP contribution is -2.41. The number of hydrogen-bond donors (Lipinski definition) is 0. The molecule has 0 unspecified atom stereocenters. The van der Waals surface area contributed by atoms with Crippen molar-refractivity contribution in [1.29, 1.82) is 0 Å². The summed E-state index contributed by atoms with van der Waals surface area (Å²) in [7, 11) is 1.96. The van der Waals surface area contributed by atoms with Crippen LogP contribution in [0.3, 0.4) is 0 Å². The molecule has 0 N–H and O–H groups in total. The summed E-state index contributed by atoms with van der Waals surface area (Å²) in [4.78, 5) is 14.6. The Morgan fingerprint density at radius 1 is 1.17 bits per heavy atom. The maximum absolute atomic E-state index is 12.6. The highest BCUT2D eigenvalue weighted by atomic mass is 16.2. The number of benzene rings is 1. The highest BCUT2D eigenvalue weighted by Crippen LogP contribution is 2.27. The van der Waals surface area contributed by atoms with E-state index in [1.807, 2.05) is 42.3 Å². The van der Waals surface area contributed by atoms with Gasteiger partial charge in [0, 0.05) is 36.9 Å². The first-order valence-corrected chi connectivity index (χ1v) is 8.60. The zero-order valence-corrected chi connectivity index (χ0v) is 14.0. The van der Waals surface area contributed by atoms with Gasteiger partial charge in [-0.25, -0.2) is 0 Å². The fraction of sp³-hybridized carbons (Fsp3) is 0.286. The fourth-order valence-corrected chi connectivity index (χ4v) is 3.76. The summed E-state index contributed by atoms with van der Waals surface area (Å²) in [6, 6.07) is 18.9. The summed E-state index contributed by atoms with van der Waals surface area (Å²) in [5.41, 5.74) is 5.13. The summed E-state index contributed by atoms with van der Waals surface area (Å²) in [5.74, 6) is 0.204. The van der Waals surface area contributed by atoms with Gasteiger partial charge in [-0.2, -0.15) is 0 Å². The molecule has 4 rings (SSSR count). The molecule has 24 heavy (non-hydrogen) atoms. The van der Waals surface area contributed by atoms with Crippen LogP contribution in [0.15, 0.2) is 60.8 Å². The number of aromatic nitrogens is 1. The first-order chi connectivity index (χ1) is 11.7. The Morgan fingerprint density at radius 2 is 1.96 bits per heavy atom. The molecule has 3 aromatic rings. The van der Waals surface area contributed by atoms with E-state index in [0.717, 1.165) is 24.8 Å². The van der Waals surface area contributed by atoms with Crippen molar-refractivity contribution >= 4 is 11.4 Å². The number of likely N-dealkylation sites (N-methyl/N-ethyl adjacent to an activating group) is 1. The van der Waals surface area contributed by atoms with Crippen molar-refractivity contribution < 1.29 is 4.79 Å². The third-order valence-electron chi connectivity index (χ3n) is 5.19. The Kier molecular flexibility index (Phi) is 3.85. The minimum Gasteiger partial charge on any atom is -0.342 e. The second-order valence-corrected chi connectivity index (χ2v) is 6.68. The Labute approximate surface area is 142 Å². The highest BCUT2D eigenvalue weighted by Gasteiger charge is 2.27. The minimum atomic E-state index is 0.204. The van der Waals surface area contributed by atoms with E-state index < -0.39 is 0 Å². The Balaban J connectivity index is 1.52. The number of aryl methyl sites for hydroxylation is 1. The first-order valence-electron chi connectivity index (χ1n) is 8.60. The summed E-state index contributed by atoms with van der Waals surface area (Å²) < 4.78 is 2.27. The van der Waals surface area contributed by atoms with Crippen LogP contribution >= 0.6 is 0 Å². The van der Waals surface area contributed by atoms with E-state index in [1.54, 1.807) is 0 Å². The van der Waals surface area contributed by atoms with Crippen molar-refractivity contribution in [2.24, 2.45) is 0 Å². The monoisotopic (exact) mass is 318 g/mol. The molecule has 0 spiro atoms. The van der Waals surface area contributed by atoms with Crippen LogP contribution in [0.4, 0.5) is 0 Å². The van der Waals surface area contributed by atoms with Crippen LogP contribution < -0.4 is 0 Å². The quantitative estimate of drug-likeness (QED) is 0.725. The van der Waals surface area contributed by atoms with Crippen LogP contribution in [0.2, 0.25) is 0 Å². The molecule has 0 bridgehead atoms. The molecule has 0 saturated carbocycles. The molecule has 1 atom stereocenters. The lowest BCUT2D eigenvalue weighted by molar-refractivity contribution is -0.131. The van der Waals surface area contributed by atoms with Crippen LogP contribution in [0.1, 0.15) is 23.2 Å². The van der Waals surface area contributed by atoms with E-state index in [1.165, 1.54) is 16.8 Å². The van der Waals surface area contributed by atoms with E-state index in [-0.39, 0.29) is 11.9 Å². The number of nitrogens with zero attached hydrogens (tertiary/aromatic N) is 2. The number of amides is 1.